The lowest BCUT2D eigenvalue weighted by Gasteiger charge is -2.36. The molecule has 5 nitrogen and oxygen atoms in total. The summed E-state index contributed by atoms with van der Waals surface area (Å²) in [5.74, 6) is 0.789. The van der Waals surface area contributed by atoms with E-state index >= 15 is 0 Å². The molecule has 2 heterocycles. The highest BCUT2D eigenvalue weighted by atomic mass is 16.5. The molecule has 1 aliphatic rings. The van der Waals surface area contributed by atoms with Crippen LogP contribution in [0.25, 0.3) is 0 Å². The number of furan rings is 1. The number of carbonyl (C=O) groups is 1. The van der Waals surface area contributed by atoms with Crippen LogP contribution in [0, 0.1) is 0 Å². The summed E-state index contributed by atoms with van der Waals surface area (Å²) < 4.78 is 10.5. The molecule has 0 aliphatic carbocycles. The summed E-state index contributed by atoms with van der Waals surface area (Å²) >= 11 is 0. The Morgan fingerprint density at radius 1 is 1.38 bits per heavy atom. The Balaban J connectivity index is 1.93. The average Bonchev–Trinajstić information content (AvgIpc) is 3.08. The monoisotopic (exact) mass is 286 g/mol. The van der Waals surface area contributed by atoms with Crippen molar-refractivity contribution in [1.29, 1.82) is 0 Å². The van der Waals surface area contributed by atoms with E-state index in [4.69, 9.17) is 9.15 Å². The van der Waals surface area contributed by atoms with Gasteiger partial charge in [0, 0.05) is 25.2 Å². The number of hydrogen-bond donors (Lipinski definition) is 1. The third-order valence-corrected chi connectivity index (χ3v) is 3.77. The summed E-state index contributed by atoms with van der Waals surface area (Å²) in [6.07, 6.45) is 3.01. The van der Waals surface area contributed by atoms with Crippen LogP contribution in [-0.2, 0) is 0 Å². The minimum Gasteiger partial charge on any atom is -0.496 e. The number of para-hydroxylation sites is 1. The van der Waals surface area contributed by atoms with Crippen molar-refractivity contribution in [3.8, 4) is 5.75 Å². The average molecular weight is 286 g/mol. The zero-order chi connectivity index (χ0) is 14.7. The number of rotatable bonds is 3. The van der Waals surface area contributed by atoms with Gasteiger partial charge in [-0.3, -0.25) is 4.79 Å². The molecule has 1 aromatic carbocycles. The molecule has 1 aromatic heterocycles. The van der Waals surface area contributed by atoms with E-state index in [1.807, 2.05) is 29.2 Å². The van der Waals surface area contributed by atoms with E-state index in [-0.39, 0.29) is 11.9 Å². The number of carbonyl (C=O) groups excluding carboxylic acids is 1. The zero-order valence-corrected chi connectivity index (χ0v) is 11.9. The van der Waals surface area contributed by atoms with Gasteiger partial charge in [0.05, 0.1) is 25.0 Å². The minimum absolute atomic E-state index is 0.0128. The van der Waals surface area contributed by atoms with E-state index in [2.05, 4.69) is 5.32 Å². The standard InChI is InChI=1S/C16H18N2O3/c1-20-15-5-3-2-4-13(15)14-10-17-7-8-18(14)16(19)12-6-9-21-11-12/h2-6,9,11,14,17H,7-8,10H2,1H3. The van der Waals surface area contributed by atoms with Crippen LogP contribution in [-0.4, -0.2) is 37.6 Å². The van der Waals surface area contributed by atoms with Crippen LogP contribution in [0.15, 0.2) is 47.3 Å². The Morgan fingerprint density at radius 3 is 3.00 bits per heavy atom. The van der Waals surface area contributed by atoms with Crippen molar-refractivity contribution < 1.29 is 13.9 Å². The second-order valence-electron chi connectivity index (χ2n) is 4.97. The molecule has 1 atom stereocenters. The highest BCUT2D eigenvalue weighted by Gasteiger charge is 2.30. The second kappa shape index (κ2) is 6.01. The topological polar surface area (TPSA) is 54.7 Å². The Kier molecular flexibility index (Phi) is 3.92. The van der Waals surface area contributed by atoms with Crippen LogP contribution in [0.5, 0.6) is 5.75 Å². The van der Waals surface area contributed by atoms with Crippen LogP contribution in [0.3, 0.4) is 0 Å². The molecular formula is C16H18N2O3. The number of nitrogens with one attached hydrogen (secondary N) is 1. The van der Waals surface area contributed by atoms with Crippen LogP contribution >= 0.6 is 0 Å². The first kappa shape index (κ1) is 13.7. The lowest BCUT2D eigenvalue weighted by Crippen LogP contribution is -2.48. The predicted molar refractivity (Wildman–Crippen MR) is 78.3 cm³/mol. The van der Waals surface area contributed by atoms with Gasteiger partial charge in [0.1, 0.15) is 12.0 Å². The molecule has 110 valence electrons. The van der Waals surface area contributed by atoms with E-state index in [1.165, 1.54) is 12.5 Å². The van der Waals surface area contributed by atoms with Gasteiger partial charge in [-0.1, -0.05) is 18.2 Å². The Bertz CT molecular complexity index is 610. The Hall–Kier alpha value is -2.27. The van der Waals surface area contributed by atoms with Crippen molar-refractivity contribution in [2.24, 2.45) is 0 Å². The lowest BCUT2D eigenvalue weighted by molar-refractivity contribution is 0.0631. The summed E-state index contributed by atoms with van der Waals surface area (Å²) in [6.45, 7) is 2.16. The van der Waals surface area contributed by atoms with Crippen LogP contribution in [0.1, 0.15) is 22.0 Å². The molecule has 1 N–H and O–H groups in total. The van der Waals surface area contributed by atoms with Crippen LogP contribution in [0.4, 0.5) is 0 Å². The molecule has 1 fully saturated rings. The number of methoxy groups -OCH3 is 1. The number of amides is 1. The number of piperazine rings is 1. The third-order valence-electron chi connectivity index (χ3n) is 3.77. The first-order valence-electron chi connectivity index (χ1n) is 6.98. The van der Waals surface area contributed by atoms with Gasteiger partial charge in [0.2, 0.25) is 0 Å². The fraction of sp³-hybridized carbons (Fsp3) is 0.312. The molecule has 2 aromatic rings. The van der Waals surface area contributed by atoms with Crippen molar-refractivity contribution in [3.05, 3.63) is 54.0 Å². The summed E-state index contributed by atoms with van der Waals surface area (Å²) in [6, 6.07) is 9.48. The molecule has 0 radical (unpaired) electrons. The van der Waals surface area contributed by atoms with Gasteiger partial charge in [-0.05, 0) is 12.1 Å². The molecule has 1 aliphatic heterocycles. The Labute approximate surface area is 123 Å². The highest BCUT2D eigenvalue weighted by Crippen LogP contribution is 2.31. The molecule has 3 rings (SSSR count). The summed E-state index contributed by atoms with van der Waals surface area (Å²) in [7, 11) is 1.65. The first-order valence-corrected chi connectivity index (χ1v) is 6.98. The molecule has 21 heavy (non-hydrogen) atoms. The Morgan fingerprint density at radius 2 is 2.24 bits per heavy atom. The van der Waals surface area contributed by atoms with Crippen molar-refractivity contribution >= 4 is 5.91 Å². The number of ether oxygens (including phenoxy) is 1. The van der Waals surface area contributed by atoms with Gasteiger partial charge < -0.3 is 19.4 Å². The van der Waals surface area contributed by atoms with E-state index in [1.54, 1.807) is 13.2 Å². The molecule has 1 saturated heterocycles. The van der Waals surface area contributed by atoms with Gasteiger partial charge in [-0.15, -0.1) is 0 Å². The maximum atomic E-state index is 12.6. The molecule has 1 amide bonds. The molecule has 5 heteroatoms. The van der Waals surface area contributed by atoms with Crippen molar-refractivity contribution in [3.63, 3.8) is 0 Å². The summed E-state index contributed by atoms with van der Waals surface area (Å²) in [4.78, 5) is 14.5. The zero-order valence-electron chi connectivity index (χ0n) is 11.9. The van der Waals surface area contributed by atoms with E-state index < -0.39 is 0 Å². The summed E-state index contributed by atoms with van der Waals surface area (Å²) in [5.41, 5.74) is 1.60. The highest BCUT2D eigenvalue weighted by molar-refractivity contribution is 5.94. The molecular weight excluding hydrogens is 268 g/mol. The van der Waals surface area contributed by atoms with Crippen molar-refractivity contribution in [1.82, 2.24) is 10.2 Å². The lowest BCUT2D eigenvalue weighted by atomic mass is 10.0. The van der Waals surface area contributed by atoms with Gasteiger partial charge in [-0.25, -0.2) is 0 Å². The van der Waals surface area contributed by atoms with Gasteiger partial charge in [0.25, 0.3) is 5.91 Å². The van der Waals surface area contributed by atoms with E-state index in [9.17, 15) is 4.79 Å². The maximum Gasteiger partial charge on any atom is 0.257 e. The van der Waals surface area contributed by atoms with Crippen LogP contribution in [0.2, 0.25) is 0 Å². The fourth-order valence-corrected chi connectivity index (χ4v) is 2.72. The molecule has 0 bridgehead atoms. The minimum atomic E-state index is -0.0442. The van der Waals surface area contributed by atoms with Gasteiger partial charge in [-0.2, -0.15) is 0 Å². The van der Waals surface area contributed by atoms with Gasteiger partial charge in [0.15, 0.2) is 0 Å². The molecule has 1 unspecified atom stereocenters. The number of hydrogen-bond acceptors (Lipinski definition) is 4. The van der Waals surface area contributed by atoms with Crippen LogP contribution < -0.4 is 10.1 Å². The normalized spacial score (nSPS) is 18.5. The smallest absolute Gasteiger partial charge is 0.257 e. The molecule has 0 spiro atoms. The molecule has 0 saturated carbocycles. The number of benzene rings is 1. The summed E-state index contributed by atoms with van der Waals surface area (Å²) in [5, 5.41) is 3.34. The van der Waals surface area contributed by atoms with E-state index in [0.717, 1.165) is 17.9 Å². The predicted octanol–water partition coefficient (Wildman–Crippen LogP) is 2.07. The quantitative estimate of drug-likeness (QED) is 0.938. The second-order valence-corrected chi connectivity index (χ2v) is 4.97. The fourth-order valence-electron chi connectivity index (χ4n) is 2.72. The largest absolute Gasteiger partial charge is 0.496 e. The van der Waals surface area contributed by atoms with E-state index in [0.29, 0.717) is 18.7 Å². The first-order chi connectivity index (χ1) is 10.3. The van der Waals surface area contributed by atoms with Crippen molar-refractivity contribution in [2.45, 2.75) is 6.04 Å². The SMILES string of the molecule is COc1ccccc1C1CNCCN1C(=O)c1ccoc1. The van der Waals surface area contributed by atoms with Crippen molar-refractivity contribution in [2.75, 3.05) is 26.7 Å². The maximum absolute atomic E-state index is 12.6. The van der Waals surface area contributed by atoms with Gasteiger partial charge >= 0.3 is 0 Å². The third kappa shape index (κ3) is 2.64. The number of nitrogens with zero attached hydrogens (tertiary/aromatic N) is 1.